The highest BCUT2D eigenvalue weighted by Crippen LogP contribution is 2.32. The van der Waals surface area contributed by atoms with Crippen LogP contribution < -0.4 is 14.4 Å². The first-order valence-corrected chi connectivity index (χ1v) is 54.1. The lowest BCUT2D eigenvalue weighted by molar-refractivity contribution is 0.0198. The molecule has 2 atom stereocenters. The lowest BCUT2D eigenvalue weighted by Crippen LogP contribution is -2.37. The molecule has 0 radical (unpaired) electrons. The fraction of sp³-hybridized carbons (Fsp3) is 0.402. The average molecular weight is 1940 g/mol. The zero-order chi connectivity index (χ0) is 103. The second-order valence-electron chi connectivity index (χ2n) is 37.6. The number of aryl methyl sites for hydroxylation is 10. The van der Waals surface area contributed by atoms with Gasteiger partial charge in [-0.3, -0.25) is 4.90 Å². The highest BCUT2D eigenvalue weighted by molar-refractivity contribution is 7.09. The molecule has 0 amide bonds. The van der Waals surface area contributed by atoms with Crippen molar-refractivity contribution in [2.45, 2.75) is 270 Å². The monoisotopic (exact) mass is 1930 g/mol. The second kappa shape index (κ2) is 75.4. The third-order valence-corrected chi connectivity index (χ3v) is 26.1. The van der Waals surface area contributed by atoms with Crippen LogP contribution in [-0.2, 0) is 48.0 Å². The van der Waals surface area contributed by atoms with Gasteiger partial charge in [0.2, 0.25) is 0 Å². The Morgan fingerprint density at radius 1 is 0.458 bits per heavy atom. The zero-order valence-corrected chi connectivity index (χ0v) is 91.6. The molecular formula is C132H179N3O6S. The van der Waals surface area contributed by atoms with Crippen molar-refractivity contribution >= 4 is 33.9 Å². The molecule has 142 heavy (non-hydrogen) atoms. The van der Waals surface area contributed by atoms with Crippen molar-refractivity contribution < 1.29 is 28.8 Å². The van der Waals surface area contributed by atoms with Crippen molar-refractivity contribution in [3.63, 3.8) is 0 Å². The Balaban J connectivity index is 0.000000274. The van der Waals surface area contributed by atoms with Crippen LogP contribution >= 0.6 is 11.3 Å². The van der Waals surface area contributed by atoms with Crippen LogP contribution in [0.15, 0.2) is 339 Å². The summed E-state index contributed by atoms with van der Waals surface area (Å²) in [5.41, 5.74) is 23.0. The molecule has 1 saturated heterocycles. The summed E-state index contributed by atoms with van der Waals surface area (Å²) < 4.78 is 20.9. The van der Waals surface area contributed by atoms with E-state index in [1.54, 1.807) is 39.3 Å². The number of benzene rings is 12. The number of hydrogen-bond acceptors (Lipinski definition) is 8. The van der Waals surface area contributed by atoms with Gasteiger partial charge in [-0.05, 0) is 236 Å². The van der Waals surface area contributed by atoms with E-state index in [0.29, 0.717) is 36.7 Å². The van der Waals surface area contributed by atoms with Gasteiger partial charge in [0.15, 0.2) is 0 Å². The van der Waals surface area contributed by atoms with Gasteiger partial charge in [-0.1, -0.05) is 450 Å². The largest absolute Gasteiger partial charge is 0.496 e. The quantitative estimate of drug-likeness (QED) is 0.0468. The summed E-state index contributed by atoms with van der Waals surface area (Å²) in [7, 11) is 7.52. The van der Waals surface area contributed by atoms with E-state index in [1.807, 2.05) is 53.9 Å². The molecular weight excluding hydrogens is 1760 g/mol. The fourth-order valence-electron chi connectivity index (χ4n) is 16.2. The summed E-state index contributed by atoms with van der Waals surface area (Å²) >= 11 is 1.85. The smallest absolute Gasteiger partial charge is 0.335 e. The number of carboxylic acids is 1. The topological polar surface area (TPSA) is 96.5 Å². The number of aromatic nitrogens is 1. The van der Waals surface area contributed by atoms with E-state index >= 15 is 0 Å². The minimum absolute atomic E-state index is 0.377. The first kappa shape index (κ1) is 121. The maximum Gasteiger partial charge on any atom is 0.335 e. The molecule has 1 aliphatic heterocycles. The fourth-order valence-corrected chi connectivity index (χ4v) is 17.0. The van der Waals surface area contributed by atoms with Crippen LogP contribution in [0.3, 0.4) is 0 Å². The van der Waals surface area contributed by atoms with Crippen molar-refractivity contribution in [3.05, 3.63) is 422 Å². The molecule has 3 aliphatic rings. The number of nitrogens with one attached hydrogen (secondary N) is 1. The summed E-state index contributed by atoms with van der Waals surface area (Å²) in [6.07, 6.45) is 30.5. The number of anilines is 1. The molecule has 2 saturated carbocycles. The SMILES string of the molecule is CC(c1ccccc1)N1CCOCC1.CC1CC1.CC1CCCCC1.CCC(C)c1ccccc1.CCCC(c1ccccc1)c1ccccc1.CCCc1ccc(C)cc1.CCCc1ccc(N(C)C)cc1.CCCc1ccc(OCCOC)cc1.CCCc1ccccc1C.CCCc1ccccc1OC.CCCc1cccs1.Cc1cccc(-c2cccc3[nH]ccc23)c1.Cc1ccccc1C(=O)O. The maximum absolute atomic E-state index is 10.4. The number of carboxylic acid groups (broad SMARTS) is 1. The molecule has 764 valence electrons. The molecule has 9 nitrogen and oxygen atoms in total. The number of carbonyl (C=O) groups is 1. The Labute approximate surface area is 865 Å². The maximum atomic E-state index is 10.4. The number of aromatic amines is 1. The molecule has 10 heteroatoms. The van der Waals surface area contributed by atoms with E-state index in [0.717, 1.165) is 68.0 Å². The molecule has 2 aliphatic carbocycles. The summed E-state index contributed by atoms with van der Waals surface area (Å²) in [5, 5.41) is 12.0. The van der Waals surface area contributed by atoms with E-state index < -0.39 is 5.97 Å². The molecule has 2 unspecified atom stereocenters. The highest BCUT2D eigenvalue weighted by atomic mass is 32.1. The number of thiophene rings is 1. The molecule has 14 aromatic rings. The van der Waals surface area contributed by atoms with Gasteiger partial charge in [-0.15, -0.1) is 11.3 Å². The Kier molecular flexibility index (Phi) is 64.3. The van der Waals surface area contributed by atoms with Gasteiger partial charge in [-0.25, -0.2) is 4.79 Å². The normalized spacial score (nSPS) is 12.5. The first-order valence-electron chi connectivity index (χ1n) is 53.2. The Morgan fingerprint density at radius 2 is 0.944 bits per heavy atom. The molecule has 3 fully saturated rings. The molecule has 3 heterocycles. The van der Waals surface area contributed by atoms with E-state index in [9.17, 15) is 4.79 Å². The Morgan fingerprint density at radius 3 is 1.40 bits per heavy atom. The number of ether oxygens (including phenoxy) is 4. The second-order valence-corrected chi connectivity index (χ2v) is 38.7. The third-order valence-electron chi connectivity index (χ3n) is 25.1. The Hall–Kier alpha value is -11.4. The average Bonchev–Trinajstić information content (AvgIpc) is 1.64. The van der Waals surface area contributed by atoms with Gasteiger partial charge in [0.05, 0.1) is 32.5 Å². The van der Waals surface area contributed by atoms with E-state index in [2.05, 4.69) is 411 Å². The van der Waals surface area contributed by atoms with Crippen LogP contribution in [0.2, 0.25) is 0 Å². The van der Waals surface area contributed by atoms with Crippen LogP contribution in [0.4, 0.5) is 5.69 Å². The number of para-hydroxylation sites is 1. The van der Waals surface area contributed by atoms with Gasteiger partial charge in [0, 0.05) is 73.9 Å². The summed E-state index contributed by atoms with van der Waals surface area (Å²) in [5.74, 6) is 4.44. The van der Waals surface area contributed by atoms with Crippen molar-refractivity contribution in [2.24, 2.45) is 11.8 Å². The van der Waals surface area contributed by atoms with E-state index in [4.69, 9.17) is 24.1 Å². The van der Waals surface area contributed by atoms with Crippen molar-refractivity contribution in [1.82, 2.24) is 9.88 Å². The number of fused-ring (bicyclic) bond motifs is 1. The van der Waals surface area contributed by atoms with Gasteiger partial charge < -0.3 is 33.9 Å². The van der Waals surface area contributed by atoms with Gasteiger partial charge >= 0.3 is 5.97 Å². The number of nitrogens with zero attached hydrogens (tertiary/aromatic N) is 2. The summed E-state index contributed by atoms with van der Waals surface area (Å²) in [6, 6.07) is 114. The third kappa shape index (κ3) is 51.5. The van der Waals surface area contributed by atoms with E-state index in [-0.39, 0.29) is 0 Å². The molecule has 17 rings (SSSR count). The predicted molar refractivity (Wildman–Crippen MR) is 618 cm³/mol. The molecule has 2 N–H and O–H groups in total. The minimum Gasteiger partial charge on any atom is -0.496 e. The number of hydrogen-bond donors (Lipinski definition) is 2. The van der Waals surface area contributed by atoms with Gasteiger partial charge in [-0.2, -0.15) is 0 Å². The number of morpholine rings is 1. The molecule has 0 bridgehead atoms. The summed E-state index contributed by atoms with van der Waals surface area (Å²) in [4.78, 5) is 19.8. The summed E-state index contributed by atoms with van der Waals surface area (Å²) in [6.45, 7) is 40.1. The van der Waals surface area contributed by atoms with Crippen LogP contribution in [0.25, 0.3) is 22.0 Å². The van der Waals surface area contributed by atoms with Crippen molar-refractivity contribution in [1.29, 1.82) is 0 Å². The van der Waals surface area contributed by atoms with Gasteiger partial charge in [0.25, 0.3) is 0 Å². The number of methoxy groups -OCH3 is 2. The number of rotatable bonds is 28. The van der Waals surface area contributed by atoms with Crippen molar-refractivity contribution in [3.8, 4) is 22.6 Å². The van der Waals surface area contributed by atoms with Crippen LogP contribution in [0, 0.1) is 39.5 Å². The lowest BCUT2D eigenvalue weighted by atomic mass is 9.88. The van der Waals surface area contributed by atoms with Crippen LogP contribution in [-0.4, -0.2) is 88.8 Å². The highest BCUT2D eigenvalue weighted by Gasteiger charge is 2.19. The zero-order valence-electron chi connectivity index (χ0n) is 90.8. The molecule has 0 spiro atoms. The predicted octanol–water partition coefficient (Wildman–Crippen LogP) is 36.4. The van der Waals surface area contributed by atoms with Crippen LogP contribution in [0.1, 0.15) is 291 Å². The minimum atomic E-state index is -0.863. The van der Waals surface area contributed by atoms with E-state index in [1.165, 1.54) is 228 Å². The number of H-pyrrole nitrogens is 1. The van der Waals surface area contributed by atoms with Gasteiger partial charge in [0.1, 0.15) is 18.1 Å². The van der Waals surface area contributed by atoms with Crippen LogP contribution in [0.5, 0.6) is 11.5 Å². The standard InChI is InChI=1S/C16H18.C15H13N.C12H17NO.C12H18O2.C11H17N.C10H14O.3C10H14.C8H8O2.C7H10S.C7H14.C4H8/c1-2-9-16(14-10-5-3-6-11-14)15-12-7-4-8-13-15;1-11-4-2-5-12(10-11)13-6-3-7-15-14(13)8-9-16-15;1-11(12-5-3-2-4-6-12)13-7-9-14-10-8-13;1-3-4-11-5-7-12(8-6-11)14-10-9-13-2;1-4-5-10-6-8-11(9-7-10)12(2)3;1-3-6-9-7-4-5-8-10(9)11-2;1-3-9(2)10-7-5-4-6-8-10;1-3-6-10-8-5-4-7-9(10)2;1-3-4-10-7-5-9(2)6-8-10;1-6-4-2-3-5-7(6)8(9)10;1-2-4-7-5-3-6-8-7;1-7-5-3-2-4-6-7;1-4-2-3-4/h3-8,10-13,16H,2,9H2,1H3;2-10,16H,1H3;2-6,11H,7-10H2,1H3;5-8H,3-4,9-10H2,1-2H3;6-9H,4-5H2,1-3H3;4-5,7-8H,3,6H2,1-2H3;4-9H,3H2,1-2H3;4-5,7-8H,3,6H2,1-2H3;5-8H,3-4H2,1-2H3;2-5H,1H3,(H,9,10);3,5-6H,2,4H2,1H3;7H,2-6H2,1H3;4H,2-3H2,1H3. The number of aromatic carboxylic acids is 1. The molecule has 2 aromatic heterocycles. The lowest BCUT2D eigenvalue weighted by Gasteiger charge is -2.32. The van der Waals surface area contributed by atoms with Crippen molar-refractivity contribution in [2.75, 3.05) is 72.7 Å². The Bertz CT molecular complexity index is 5350. The first-order chi connectivity index (χ1) is 69.1. The molecule has 12 aromatic carbocycles.